The number of unbranched alkanes of at least 4 members (excludes halogenated alkanes) is 46. The molecule has 0 rings (SSSR count). The summed E-state index contributed by atoms with van der Waals surface area (Å²) in [6.45, 7) is 4.93. The molecule has 0 bridgehead atoms. The van der Waals surface area contributed by atoms with Gasteiger partial charge in [0.05, 0.1) is 34.4 Å². The number of carboxylic acid groups (broad SMARTS) is 1. The molecular weight excluding hydrogens is 983 g/mol. The van der Waals surface area contributed by atoms with Crippen LogP contribution in [-0.2, 0) is 33.3 Å². The van der Waals surface area contributed by atoms with Gasteiger partial charge < -0.3 is 28.5 Å². The molecule has 0 fully saturated rings. The van der Waals surface area contributed by atoms with E-state index in [0.29, 0.717) is 17.4 Å². The molecule has 0 aliphatic heterocycles. The lowest BCUT2D eigenvalue weighted by Gasteiger charge is -2.25. The smallest absolute Gasteiger partial charge is 0.361 e. The first-order valence-electron chi connectivity index (χ1n) is 34.5. The largest absolute Gasteiger partial charge is 0.477 e. The third kappa shape index (κ3) is 63.2. The normalized spacial score (nSPS) is 12.8. The first kappa shape index (κ1) is 76.8. The molecule has 9 heteroatoms. The van der Waals surface area contributed by atoms with Gasteiger partial charge in [-0.3, -0.25) is 9.59 Å². The number of carbonyl (C=O) groups excluding carboxylic acids is 2. The number of carboxylic acids is 1. The number of aliphatic carboxylic acids is 1. The van der Waals surface area contributed by atoms with E-state index in [-0.39, 0.29) is 38.2 Å². The minimum atomic E-state index is -1.51. The van der Waals surface area contributed by atoms with Crippen molar-refractivity contribution in [2.24, 2.45) is 0 Å². The number of hydrogen-bond acceptors (Lipinski definition) is 7. The van der Waals surface area contributed by atoms with Crippen LogP contribution in [0.4, 0.5) is 0 Å². The Balaban J connectivity index is 3.97. The van der Waals surface area contributed by atoms with Crippen LogP contribution in [-0.4, -0.2) is 87.4 Å². The number of rotatable bonds is 65. The fraction of sp³-hybridized carbons (Fsp3) is 0.900. The molecule has 0 aromatic carbocycles. The van der Waals surface area contributed by atoms with Gasteiger partial charge in [0.25, 0.3) is 6.29 Å². The van der Waals surface area contributed by atoms with E-state index >= 15 is 0 Å². The van der Waals surface area contributed by atoms with Crippen LogP contribution in [0.2, 0.25) is 0 Å². The quantitative estimate of drug-likeness (QED) is 0.0211. The summed E-state index contributed by atoms with van der Waals surface area (Å²) in [6, 6.07) is 0. The lowest BCUT2D eigenvalue weighted by Crippen LogP contribution is -2.40. The van der Waals surface area contributed by atoms with Gasteiger partial charge in [0.15, 0.2) is 6.10 Å². The summed E-state index contributed by atoms with van der Waals surface area (Å²) >= 11 is 0. The van der Waals surface area contributed by atoms with E-state index in [9.17, 15) is 19.5 Å². The van der Waals surface area contributed by atoms with Gasteiger partial charge in [-0.25, -0.2) is 4.79 Å². The second kappa shape index (κ2) is 61.8. The Hall–Kier alpha value is -2.23. The molecule has 0 radical (unpaired) electrons. The molecule has 0 aliphatic rings. The second-order valence-electron chi connectivity index (χ2n) is 24.8. The Labute approximate surface area is 490 Å². The zero-order valence-electron chi connectivity index (χ0n) is 53.3. The molecule has 0 heterocycles. The Kier molecular flexibility index (Phi) is 60.1. The first-order valence-corrected chi connectivity index (χ1v) is 34.5. The third-order valence-electron chi connectivity index (χ3n) is 15.7. The minimum absolute atomic E-state index is 0.174. The molecule has 0 spiro atoms. The zero-order valence-corrected chi connectivity index (χ0v) is 53.3. The molecule has 79 heavy (non-hydrogen) atoms. The Morgan fingerprint density at radius 1 is 0.380 bits per heavy atom. The van der Waals surface area contributed by atoms with Crippen molar-refractivity contribution in [3.63, 3.8) is 0 Å². The highest BCUT2D eigenvalue weighted by Gasteiger charge is 2.25. The lowest BCUT2D eigenvalue weighted by molar-refractivity contribution is -0.870. The summed E-state index contributed by atoms with van der Waals surface area (Å²) in [4.78, 5) is 37.5. The van der Waals surface area contributed by atoms with Gasteiger partial charge in [0.1, 0.15) is 13.2 Å². The van der Waals surface area contributed by atoms with Crippen molar-refractivity contribution in [3.8, 4) is 0 Å². The average Bonchev–Trinajstić information content (AvgIpc) is 3.42. The highest BCUT2D eigenvalue weighted by molar-refractivity contribution is 5.71. The molecule has 0 amide bonds. The van der Waals surface area contributed by atoms with E-state index in [1.54, 1.807) is 0 Å². The lowest BCUT2D eigenvalue weighted by atomic mass is 10.0. The molecule has 0 aromatic rings. The second-order valence-corrected chi connectivity index (χ2v) is 24.8. The fourth-order valence-corrected chi connectivity index (χ4v) is 10.4. The SMILES string of the molecule is CCCCCCC/C=C\C/C=C\CCCCCCCCCCCCCCCCCCCCCCCCCCCC(=O)OC(COC(=O)CCCCCCCCCCCCCCCCCCC)COC(OCC[N+](C)(C)C)C(=O)O. The Morgan fingerprint density at radius 2 is 0.684 bits per heavy atom. The van der Waals surface area contributed by atoms with Crippen LogP contribution in [0.1, 0.15) is 348 Å². The maximum atomic E-state index is 12.9. The monoisotopic (exact) mass is 1120 g/mol. The number of carbonyl (C=O) groups is 3. The number of ether oxygens (including phenoxy) is 4. The van der Waals surface area contributed by atoms with Crippen molar-refractivity contribution >= 4 is 17.9 Å². The molecule has 2 atom stereocenters. The van der Waals surface area contributed by atoms with Crippen LogP contribution in [0.15, 0.2) is 24.3 Å². The van der Waals surface area contributed by atoms with Crippen molar-refractivity contribution in [1.29, 1.82) is 0 Å². The van der Waals surface area contributed by atoms with Crippen molar-refractivity contribution in [2.45, 2.75) is 360 Å². The molecule has 0 aliphatic carbocycles. The molecule has 9 nitrogen and oxygen atoms in total. The average molecular weight is 1120 g/mol. The van der Waals surface area contributed by atoms with Gasteiger partial charge in [0.2, 0.25) is 0 Å². The van der Waals surface area contributed by atoms with Gasteiger partial charge in [-0.1, -0.05) is 314 Å². The van der Waals surface area contributed by atoms with Crippen LogP contribution < -0.4 is 0 Å². The number of likely N-dealkylation sites (N-methyl/N-ethyl adjacent to an activating group) is 1. The van der Waals surface area contributed by atoms with Gasteiger partial charge in [-0.05, 0) is 44.9 Å². The van der Waals surface area contributed by atoms with E-state index in [2.05, 4.69) is 38.2 Å². The number of hydrogen-bond donors (Lipinski definition) is 1. The van der Waals surface area contributed by atoms with Crippen molar-refractivity contribution < 1.29 is 42.9 Å². The van der Waals surface area contributed by atoms with Crippen LogP contribution in [0.5, 0.6) is 0 Å². The number of allylic oxidation sites excluding steroid dienone is 4. The van der Waals surface area contributed by atoms with Gasteiger partial charge >= 0.3 is 17.9 Å². The molecule has 0 aromatic heterocycles. The molecule has 1 N–H and O–H groups in total. The molecule has 0 saturated carbocycles. The topological polar surface area (TPSA) is 108 Å². The summed E-state index contributed by atoms with van der Waals surface area (Å²) in [6.07, 6.45) is 73.0. The highest BCUT2D eigenvalue weighted by atomic mass is 16.7. The maximum absolute atomic E-state index is 12.9. The summed E-state index contributed by atoms with van der Waals surface area (Å²) < 4.78 is 23.0. The zero-order chi connectivity index (χ0) is 57.6. The van der Waals surface area contributed by atoms with Crippen molar-refractivity contribution in [3.05, 3.63) is 24.3 Å². The summed E-state index contributed by atoms with van der Waals surface area (Å²) in [5.41, 5.74) is 0. The van der Waals surface area contributed by atoms with E-state index in [0.717, 1.165) is 44.9 Å². The maximum Gasteiger partial charge on any atom is 0.361 e. The Bertz CT molecular complexity index is 1340. The Morgan fingerprint density at radius 3 is 1.00 bits per heavy atom. The van der Waals surface area contributed by atoms with Crippen LogP contribution in [0.25, 0.3) is 0 Å². The predicted molar refractivity (Wildman–Crippen MR) is 337 cm³/mol. The predicted octanol–water partition coefficient (Wildman–Crippen LogP) is 21.0. The van der Waals surface area contributed by atoms with Crippen LogP contribution in [0, 0.1) is 0 Å². The minimum Gasteiger partial charge on any atom is -0.477 e. The molecule has 0 saturated heterocycles. The summed E-state index contributed by atoms with van der Waals surface area (Å²) in [5, 5.41) is 9.73. The molecular formula is C70H134NO8+. The summed E-state index contributed by atoms with van der Waals surface area (Å²) in [5.74, 6) is -1.97. The van der Waals surface area contributed by atoms with Crippen LogP contribution in [0.3, 0.4) is 0 Å². The number of quaternary nitrogens is 1. The fourth-order valence-electron chi connectivity index (χ4n) is 10.4. The first-order chi connectivity index (χ1) is 38.6. The molecule has 2 unspecified atom stereocenters. The van der Waals surface area contributed by atoms with E-state index in [1.807, 2.05) is 21.1 Å². The molecule has 466 valence electrons. The van der Waals surface area contributed by atoms with Crippen molar-refractivity contribution in [1.82, 2.24) is 0 Å². The highest BCUT2D eigenvalue weighted by Crippen LogP contribution is 2.19. The number of nitrogens with zero attached hydrogens (tertiary/aromatic N) is 1. The van der Waals surface area contributed by atoms with Crippen molar-refractivity contribution in [2.75, 3.05) is 47.5 Å². The third-order valence-corrected chi connectivity index (χ3v) is 15.7. The van der Waals surface area contributed by atoms with Crippen LogP contribution >= 0.6 is 0 Å². The summed E-state index contributed by atoms with van der Waals surface area (Å²) in [7, 11) is 5.99. The van der Waals surface area contributed by atoms with E-state index in [1.165, 1.54) is 276 Å². The van der Waals surface area contributed by atoms with Gasteiger partial charge in [-0.2, -0.15) is 0 Å². The van der Waals surface area contributed by atoms with Gasteiger partial charge in [-0.15, -0.1) is 0 Å². The van der Waals surface area contributed by atoms with E-state index < -0.39 is 18.4 Å². The van der Waals surface area contributed by atoms with Gasteiger partial charge in [0, 0.05) is 12.8 Å². The standard InChI is InChI=1S/C70H133NO8/c1-6-8-10-12-14-16-18-20-22-24-25-26-27-28-29-30-31-32-33-34-35-36-37-38-39-40-41-42-43-45-47-49-51-53-55-57-59-61-68(73)79-66(65-78-70(69(74)75)76-63-62-71(3,4)5)64-77-67(72)60-58-56-54-52-50-48-46-44-23-21-19-17-15-13-11-9-7-2/h18,20,24-25,66,70H,6-17,19,21-23,26-65H2,1-5H3/p+1/b20-18-,25-24-. The van der Waals surface area contributed by atoms with E-state index in [4.69, 9.17) is 18.9 Å². The number of esters is 2.